The number of hydrogen-bond donors (Lipinski definition) is 2. The van der Waals surface area contributed by atoms with Gasteiger partial charge in [0.15, 0.2) is 6.10 Å². The fourth-order valence-electron chi connectivity index (χ4n) is 1.60. The number of hydrogen-bond acceptors (Lipinski definition) is 3. The van der Waals surface area contributed by atoms with Gasteiger partial charge in [-0.2, -0.15) is 0 Å². The number of carbonyl (C=O) groups excluding carboxylic acids is 1. The number of carbonyl (C=O) groups is 1. The van der Waals surface area contributed by atoms with Crippen LogP contribution in [0, 0.1) is 0 Å². The molecular formula is C15H23ClN2O2. The Bertz CT molecular complexity index is 463. The quantitative estimate of drug-likeness (QED) is 0.848. The van der Waals surface area contributed by atoms with Gasteiger partial charge in [-0.15, -0.1) is 0 Å². The first-order chi connectivity index (χ1) is 9.35. The molecule has 0 saturated carbocycles. The first kappa shape index (κ1) is 16.8. The Hall–Kier alpha value is -1.26. The fourth-order valence-corrected chi connectivity index (χ4v) is 1.84. The van der Waals surface area contributed by atoms with Crippen LogP contribution in [0.4, 0.5) is 0 Å². The Morgan fingerprint density at radius 2 is 2.05 bits per heavy atom. The molecule has 0 aliphatic carbocycles. The molecule has 1 rings (SSSR count). The van der Waals surface area contributed by atoms with E-state index >= 15 is 0 Å². The lowest BCUT2D eigenvalue weighted by Crippen LogP contribution is -2.41. The van der Waals surface area contributed by atoms with Crippen molar-refractivity contribution in [3.8, 4) is 5.75 Å². The smallest absolute Gasteiger partial charge is 0.260 e. The molecule has 0 radical (unpaired) electrons. The summed E-state index contributed by atoms with van der Waals surface area (Å²) in [5, 5.41) is 3.33. The van der Waals surface area contributed by atoms with Crippen LogP contribution in [0.1, 0.15) is 45.7 Å². The third-order valence-corrected chi connectivity index (χ3v) is 3.45. The normalized spacial score (nSPS) is 15.3. The Balaban J connectivity index is 2.71. The van der Waals surface area contributed by atoms with Crippen LogP contribution in [0.25, 0.3) is 0 Å². The summed E-state index contributed by atoms with van der Waals surface area (Å²) in [7, 11) is 0. The molecule has 0 fully saturated rings. The first-order valence-corrected chi connectivity index (χ1v) is 7.25. The summed E-state index contributed by atoms with van der Waals surface area (Å²) >= 11 is 6.14. The van der Waals surface area contributed by atoms with Crippen molar-refractivity contribution in [1.82, 2.24) is 5.32 Å². The molecular weight excluding hydrogens is 276 g/mol. The van der Waals surface area contributed by atoms with E-state index in [4.69, 9.17) is 22.1 Å². The van der Waals surface area contributed by atoms with Crippen LogP contribution < -0.4 is 15.8 Å². The van der Waals surface area contributed by atoms with Gasteiger partial charge in [-0.1, -0.05) is 24.6 Å². The van der Waals surface area contributed by atoms with E-state index in [9.17, 15) is 4.79 Å². The van der Waals surface area contributed by atoms with E-state index in [0.717, 1.165) is 12.0 Å². The second kappa shape index (κ2) is 7.50. The van der Waals surface area contributed by atoms with Gasteiger partial charge < -0.3 is 15.8 Å². The van der Waals surface area contributed by atoms with Crippen LogP contribution in [-0.4, -0.2) is 18.1 Å². The monoisotopic (exact) mass is 298 g/mol. The zero-order chi connectivity index (χ0) is 15.3. The summed E-state index contributed by atoms with van der Waals surface area (Å²) in [6.45, 7) is 7.55. The Labute approximate surface area is 125 Å². The van der Waals surface area contributed by atoms with E-state index in [1.165, 1.54) is 0 Å². The van der Waals surface area contributed by atoms with Gasteiger partial charge in [0.2, 0.25) is 0 Å². The second-order valence-corrected chi connectivity index (χ2v) is 5.46. The summed E-state index contributed by atoms with van der Waals surface area (Å²) in [5.74, 6) is 0.342. The van der Waals surface area contributed by atoms with Gasteiger partial charge in [-0.3, -0.25) is 4.79 Å². The van der Waals surface area contributed by atoms with Crippen molar-refractivity contribution in [1.29, 1.82) is 0 Å². The number of halogens is 1. The maximum atomic E-state index is 11.9. The highest BCUT2D eigenvalue weighted by Crippen LogP contribution is 2.28. The van der Waals surface area contributed by atoms with Crippen molar-refractivity contribution in [2.24, 2.45) is 5.73 Å². The molecule has 112 valence electrons. The summed E-state index contributed by atoms with van der Waals surface area (Å²) in [6, 6.07) is 5.40. The minimum Gasteiger partial charge on any atom is -0.479 e. The largest absolute Gasteiger partial charge is 0.479 e. The third-order valence-electron chi connectivity index (χ3n) is 3.16. The molecule has 5 heteroatoms. The lowest BCUT2D eigenvalue weighted by atomic mass is 10.1. The molecule has 4 nitrogen and oxygen atoms in total. The molecule has 3 unspecified atom stereocenters. The van der Waals surface area contributed by atoms with Crippen molar-refractivity contribution in [2.45, 2.75) is 52.3 Å². The first-order valence-electron chi connectivity index (χ1n) is 6.87. The molecule has 3 N–H and O–H groups in total. The highest BCUT2D eigenvalue weighted by molar-refractivity contribution is 6.32. The maximum Gasteiger partial charge on any atom is 0.260 e. The van der Waals surface area contributed by atoms with Gasteiger partial charge in [-0.05, 0) is 44.9 Å². The van der Waals surface area contributed by atoms with Crippen LogP contribution in [0.3, 0.4) is 0 Å². The molecule has 0 bridgehead atoms. The predicted octanol–water partition coefficient (Wildman–Crippen LogP) is 3.04. The van der Waals surface area contributed by atoms with E-state index in [0.29, 0.717) is 10.8 Å². The number of benzene rings is 1. The van der Waals surface area contributed by atoms with Gasteiger partial charge >= 0.3 is 0 Å². The van der Waals surface area contributed by atoms with E-state index in [2.05, 4.69) is 5.32 Å². The molecule has 0 aromatic heterocycles. The van der Waals surface area contributed by atoms with E-state index < -0.39 is 6.10 Å². The van der Waals surface area contributed by atoms with Crippen molar-refractivity contribution in [3.63, 3.8) is 0 Å². The zero-order valence-electron chi connectivity index (χ0n) is 12.4. The molecule has 0 aliphatic rings. The van der Waals surface area contributed by atoms with Crippen molar-refractivity contribution in [3.05, 3.63) is 28.8 Å². The molecule has 0 saturated heterocycles. The van der Waals surface area contributed by atoms with Gasteiger partial charge in [0.25, 0.3) is 5.91 Å². The molecule has 0 aliphatic heterocycles. The Morgan fingerprint density at radius 1 is 1.40 bits per heavy atom. The predicted molar refractivity (Wildman–Crippen MR) is 82.0 cm³/mol. The standard InChI is InChI=1S/C15H23ClN2O2/c1-5-9(2)18-15(19)11(4)20-14-7-6-12(10(3)17)8-13(14)16/h6-11H,5,17H2,1-4H3,(H,18,19). The SMILES string of the molecule is CCC(C)NC(=O)C(C)Oc1ccc(C(C)N)cc1Cl. The lowest BCUT2D eigenvalue weighted by Gasteiger charge is -2.19. The Kier molecular flexibility index (Phi) is 6.30. The topological polar surface area (TPSA) is 64.3 Å². The molecule has 1 aromatic carbocycles. The Morgan fingerprint density at radius 3 is 2.55 bits per heavy atom. The number of ether oxygens (including phenoxy) is 1. The minimum absolute atomic E-state index is 0.0901. The molecule has 0 heterocycles. The molecule has 3 atom stereocenters. The average Bonchev–Trinajstić information content (AvgIpc) is 2.40. The summed E-state index contributed by atoms with van der Waals surface area (Å²) in [4.78, 5) is 11.9. The fraction of sp³-hybridized carbons (Fsp3) is 0.533. The zero-order valence-corrected chi connectivity index (χ0v) is 13.2. The summed E-state index contributed by atoms with van der Waals surface area (Å²) in [5.41, 5.74) is 6.72. The number of rotatable bonds is 6. The molecule has 1 amide bonds. The summed E-state index contributed by atoms with van der Waals surface area (Å²) < 4.78 is 5.60. The van der Waals surface area contributed by atoms with Crippen LogP contribution in [0.15, 0.2) is 18.2 Å². The van der Waals surface area contributed by atoms with Crippen molar-refractivity contribution in [2.75, 3.05) is 0 Å². The highest BCUT2D eigenvalue weighted by Gasteiger charge is 2.17. The summed E-state index contributed by atoms with van der Waals surface area (Å²) in [6.07, 6.45) is 0.283. The van der Waals surface area contributed by atoms with Gasteiger partial charge in [0, 0.05) is 12.1 Å². The number of amides is 1. The van der Waals surface area contributed by atoms with Gasteiger partial charge in [0.1, 0.15) is 5.75 Å². The highest BCUT2D eigenvalue weighted by atomic mass is 35.5. The molecule has 0 spiro atoms. The third kappa shape index (κ3) is 4.69. The van der Waals surface area contributed by atoms with Crippen LogP contribution >= 0.6 is 11.6 Å². The maximum absolute atomic E-state index is 11.9. The molecule has 20 heavy (non-hydrogen) atoms. The lowest BCUT2D eigenvalue weighted by molar-refractivity contribution is -0.127. The van der Waals surface area contributed by atoms with Crippen LogP contribution in [0.2, 0.25) is 5.02 Å². The van der Waals surface area contributed by atoms with Gasteiger partial charge in [0.05, 0.1) is 5.02 Å². The van der Waals surface area contributed by atoms with Crippen molar-refractivity contribution < 1.29 is 9.53 Å². The minimum atomic E-state index is -0.595. The number of nitrogens with two attached hydrogens (primary N) is 1. The number of nitrogens with one attached hydrogen (secondary N) is 1. The van der Waals surface area contributed by atoms with Gasteiger partial charge in [-0.25, -0.2) is 0 Å². The molecule has 1 aromatic rings. The van der Waals surface area contributed by atoms with E-state index in [-0.39, 0.29) is 18.0 Å². The van der Waals surface area contributed by atoms with Crippen LogP contribution in [0.5, 0.6) is 5.75 Å². The van der Waals surface area contributed by atoms with E-state index in [1.54, 1.807) is 19.1 Å². The van der Waals surface area contributed by atoms with Crippen molar-refractivity contribution >= 4 is 17.5 Å². The second-order valence-electron chi connectivity index (χ2n) is 5.06. The van der Waals surface area contributed by atoms with E-state index in [1.807, 2.05) is 26.8 Å². The van der Waals surface area contributed by atoms with Crippen LogP contribution in [-0.2, 0) is 4.79 Å². The average molecular weight is 299 g/mol.